The zero-order valence-electron chi connectivity index (χ0n) is 15.5. The number of hydrogen-bond acceptors (Lipinski definition) is 6. The van der Waals surface area contributed by atoms with Crippen LogP contribution in [0.3, 0.4) is 0 Å². The van der Waals surface area contributed by atoms with Crippen molar-refractivity contribution in [3.63, 3.8) is 0 Å². The minimum atomic E-state index is -1.04. The van der Waals surface area contributed by atoms with Crippen molar-refractivity contribution >= 4 is 58.4 Å². The molecule has 1 heterocycles. The molecule has 0 saturated heterocycles. The highest BCUT2D eigenvalue weighted by molar-refractivity contribution is 7.80. The number of carboxylic acid groups (broad SMARTS) is 1. The van der Waals surface area contributed by atoms with Crippen molar-refractivity contribution in [2.45, 2.75) is 26.3 Å². The Bertz CT molecular complexity index is 942. The van der Waals surface area contributed by atoms with Crippen LogP contribution in [0.1, 0.15) is 41.0 Å². The molecule has 11 heteroatoms. The zero-order valence-corrected chi connectivity index (χ0v) is 17.9. The smallest absolute Gasteiger partial charge is 0.341 e. The molecule has 1 atom stereocenters. The Labute approximate surface area is 182 Å². The maximum atomic E-state index is 11.8. The summed E-state index contributed by atoms with van der Waals surface area (Å²) in [5.74, 6) is -1.41. The van der Waals surface area contributed by atoms with E-state index in [1.165, 1.54) is 12.3 Å². The minimum Gasteiger partial charge on any atom is -0.481 e. The van der Waals surface area contributed by atoms with Gasteiger partial charge in [0.25, 0.3) is 0 Å². The molecule has 8 nitrogen and oxygen atoms in total. The van der Waals surface area contributed by atoms with Crippen LogP contribution in [0.25, 0.3) is 0 Å². The van der Waals surface area contributed by atoms with Crippen molar-refractivity contribution in [1.82, 2.24) is 15.3 Å². The second kappa shape index (κ2) is 10.3. The summed E-state index contributed by atoms with van der Waals surface area (Å²) in [6, 6.07) is 4.04. The topological polar surface area (TPSA) is 113 Å². The Morgan fingerprint density at radius 3 is 2.66 bits per heavy atom. The number of aryl methyl sites for hydroxylation is 1. The number of anilines is 1. The fourth-order valence-corrected chi connectivity index (χ4v) is 3.20. The maximum Gasteiger partial charge on any atom is 0.341 e. The Hall–Kier alpha value is -2.49. The third-order valence-electron chi connectivity index (χ3n) is 3.72. The van der Waals surface area contributed by atoms with Crippen LogP contribution < -0.4 is 10.6 Å². The van der Waals surface area contributed by atoms with Crippen molar-refractivity contribution in [2.75, 3.05) is 11.9 Å². The molecule has 3 N–H and O–H groups in total. The molecular formula is C18H18Cl2N4O4S. The Kier molecular flexibility index (Phi) is 8.12. The average molecular weight is 457 g/mol. The van der Waals surface area contributed by atoms with Crippen molar-refractivity contribution in [3.8, 4) is 0 Å². The number of esters is 1. The summed E-state index contributed by atoms with van der Waals surface area (Å²) in [5, 5.41) is 15.7. The van der Waals surface area contributed by atoms with E-state index >= 15 is 0 Å². The highest BCUT2D eigenvalue weighted by Crippen LogP contribution is 2.28. The van der Waals surface area contributed by atoms with Crippen LogP contribution in [-0.4, -0.2) is 38.7 Å². The van der Waals surface area contributed by atoms with Gasteiger partial charge in [-0.1, -0.05) is 29.3 Å². The first-order valence-electron chi connectivity index (χ1n) is 8.46. The number of rotatable bonds is 7. The van der Waals surface area contributed by atoms with Crippen LogP contribution in [0.15, 0.2) is 24.4 Å². The molecule has 0 spiro atoms. The molecule has 1 aromatic heterocycles. The van der Waals surface area contributed by atoms with E-state index in [-0.39, 0.29) is 29.7 Å². The molecule has 29 heavy (non-hydrogen) atoms. The lowest BCUT2D eigenvalue weighted by molar-refractivity contribution is -0.137. The van der Waals surface area contributed by atoms with E-state index in [1.54, 1.807) is 26.0 Å². The van der Waals surface area contributed by atoms with Gasteiger partial charge in [0.1, 0.15) is 0 Å². The Balaban J connectivity index is 2.15. The summed E-state index contributed by atoms with van der Waals surface area (Å²) in [6.45, 7) is 3.58. The highest BCUT2D eigenvalue weighted by Gasteiger charge is 2.20. The van der Waals surface area contributed by atoms with E-state index in [1.807, 2.05) is 0 Å². The predicted octanol–water partition coefficient (Wildman–Crippen LogP) is 3.77. The second-order valence-electron chi connectivity index (χ2n) is 5.83. The largest absolute Gasteiger partial charge is 0.481 e. The third kappa shape index (κ3) is 6.52. The molecule has 0 bridgehead atoms. The molecule has 2 rings (SSSR count). The number of halogens is 2. The predicted molar refractivity (Wildman–Crippen MR) is 114 cm³/mol. The Morgan fingerprint density at radius 1 is 1.34 bits per heavy atom. The first-order valence-corrected chi connectivity index (χ1v) is 9.62. The summed E-state index contributed by atoms with van der Waals surface area (Å²) >= 11 is 17.3. The number of aliphatic carboxylic acids is 1. The molecule has 0 aliphatic rings. The summed E-state index contributed by atoms with van der Waals surface area (Å²) in [6.07, 6.45) is 1.06. The van der Waals surface area contributed by atoms with Gasteiger partial charge in [0.05, 0.1) is 30.3 Å². The first kappa shape index (κ1) is 22.8. The standard InChI is InChI=1S/C18H18Cl2N4O4S/c1-3-28-16(27)12-8-21-17(22-9(12)2)24-18(29)23-14(7-15(25)26)11-5-4-10(19)6-13(11)20/h4-6,8,14H,3,7H2,1-2H3,(H,25,26)(H2,21,22,23,24,29). The van der Waals surface area contributed by atoms with Crippen LogP contribution in [-0.2, 0) is 9.53 Å². The average Bonchev–Trinajstić information content (AvgIpc) is 2.61. The van der Waals surface area contributed by atoms with E-state index < -0.39 is 18.0 Å². The van der Waals surface area contributed by atoms with Gasteiger partial charge in [-0.3, -0.25) is 4.79 Å². The van der Waals surface area contributed by atoms with Gasteiger partial charge in [-0.15, -0.1) is 0 Å². The molecule has 0 saturated carbocycles. The summed E-state index contributed by atoms with van der Waals surface area (Å²) < 4.78 is 4.93. The van der Waals surface area contributed by atoms with E-state index in [0.717, 1.165) is 0 Å². The molecule has 0 radical (unpaired) electrons. The van der Waals surface area contributed by atoms with E-state index in [0.29, 0.717) is 21.3 Å². The lowest BCUT2D eigenvalue weighted by Crippen LogP contribution is -2.34. The van der Waals surface area contributed by atoms with Crippen LogP contribution in [0, 0.1) is 6.92 Å². The van der Waals surface area contributed by atoms with Crippen LogP contribution >= 0.6 is 35.4 Å². The number of hydrogen-bond donors (Lipinski definition) is 3. The summed E-state index contributed by atoms with van der Waals surface area (Å²) in [7, 11) is 0. The number of aromatic nitrogens is 2. The molecule has 2 aromatic rings. The van der Waals surface area contributed by atoms with E-state index in [9.17, 15) is 14.7 Å². The van der Waals surface area contributed by atoms with Crippen molar-refractivity contribution in [1.29, 1.82) is 0 Å². The highest BCUT2D eigenvalue weighted by atomic mass is 35.5. The Morgan fingerprint density at radius 2 is 2.07 bits per heavy atom. The van der Waals surface area contributed by atoms with Gasteiger partial charge in [-0.05, 0) is 43.8 Å². The number of carbonyl (C=O) groups excluding carboxylic acids is 1. The fourth-order valence-electron chi connectivity index (χ4n) is 2.43. The van der Waals surface area contributed by atoms with Gasteiger partial charge in [0, 0.05) is 16.2 Å². The SMILES string of the molecule is CCOC(=O)c1cnc(NC(=S)NC(CC(=O)O)c2ccc(Cl)cc2Cl)nc1C. The van der Waals surface area contributed by atoms with Crippen molar-refractivity contribution < 1.29 is 19.4 Å². The van der Waals surface area contributed by atoms with Gasteiger partial charge in [-0.2, -0.15) is 0 Å². The van der Waals surface area contributed by atoms with E-state index in [2.05, 4.69) is 20.6 Å². The van der Waals surface area contributed by atoms with Gasteiger partial charge in [0.2, 0.25) is 5.95 Å². The fraction of sp³-hybridized carbons (Fsp3) is 0.278. The summed E-state index contributed by atoms with van der Waals surface area (Å²) in [5.41, 5.74) is 1.18. The third-order valence-corrected chi connectivity index (χ3v) is 4.50. The van der Waals surface area contributed by atoms with Crippen molar-refractivity contribution in [2.24, 2.45) is 0 Å². The molecule has 154 valence electrons. The molecule has 0 aliphatic heterocycles. The summed E-state index contributed by atoms with van der Waals surface area (Å²) in [4.78, 5) is 31.3. The molecular weight excluding hydrogens is 439 g/mol. The molecule has 0 fully saturated rings. The van der Waals surface area contributed by atoms with Crippen LogP contribution in [0.4, 0.5) is 5.95 Å². The van der Waals surface area contributed by atoms with Gasteiger partial charge < -0.3 is 20.5 Å². The number of carbonyl (C=O) groups is 2. The van der Waals surface area contributed by atoms with Gasteiger partial charge in [-0.25, -0.2) is 14.8 Å². The van der Waals surface area contributed by atoms with Gasteiger partial charge in [0.15, 0.2) is 5.11 Å². The molecule has 1 unspecified atom stereocenters. The number of benzene rings is 1. The zero-order chi connectivity index (χ0) is 21.6. The lowest BCUT2D eigenvalue weighted by atomic mass is 10.0. The van der Waals surface area contributed by atoms with E-state index in [4.69, 9.17) is 40.2 Å². The normalized spacial score (nSPS) is 11.4. The number of nitrogens with zero attached hydrogens (tertiary/aromatic N) is 2. The van der Waals surface area contributed by atoms with Crippen LogP contribution in [0.2, 0.25) is 10.0 Å². The lowest BCUT2D eigenvalue weighted by Gasteiger charge is -2.20. The molecule has 0 amide bonds. The quantitative estimate of drug-likeness (QED) is 0.422. The van der Waals surface area contributed by atoms with Gasteiger partial charge >= 0.3 is 11.9 Å². The second-order valence-corrected chi connectivity index (χ2v) is 7.08. The maximum absolute atomic E-state index is 11.8. The number of ether oxygens (including phenoxy) is 1. The molecule has 0 aliphatic carbocycles. The first-order chi connectivity index (χ1) is 13.7. The van der Waals surface area contributed by atoms with Crippen molar-refractivity contribution in [3.05, 3.63) is 51.3 Å². The van der Waals surface area contributed by atoms with Crippen LogP contribution in [0.5, 0.6) is 0 Å². The number of carboxylic acids is 1. The number of nitrogens with one attached hydrogen (secondary N) is 2. The molecule has 1 aromatic carbocycles. The number of thiocarbonyl (C=S) groups is 1. The minimum absolute atomic E-state index is 0.0885. The monoisotopic (exact) mass is 456 g/mol.